The molecular formula is C16H23F2NO. The molecule has 4 heteroatoms. The lowest BCUT2D eigenvalue weighted by atomic mass is 9.81. The van der Waals surface area contributed by atoms with Gasteiger partial charge in [0.05, 0.1) is 0 Å². The predicted molar refractivity (Wildman–Crippen MR) is 76.1 cm³/mol. The molecule has 1 aromatic rings. The molecule has 0 saturated heterocycles. The van der Waals surface area contributed by atoms with Crippen LogP contribution in [0.5, 0.6) is 5.75 Å². The van der Waals surface area contributed by atoms with Crippen LogP contribution in [0.25, 0.3) is 0 Å². The molecule has 1 fully saturated rings. The van der Waals surface area contributed by atoms with E-state index in [9.17, 15) is 8.78 Å². The van der Waals surface area contributed by atoms with Gasteiger partial charge in [-0.15, -0.1) is 0 Å². The van der Waals surface area contributed by atoms with Gasteiger partial charge < -0.3 is 10.1 Å². The summed E-state index contributed by atoms with van der Waals surface area (Å²) in [6.45, 7) is 0.254. The number of ether oxygens (including phenoxy) is 1. The molecule has 1 aliphatic carbocycles. The summed E-state index contributed by atoms with van der Waals surface area (Å²) in [6, 6.07) is 7.39. The van der Waals surface area contributed by atoms with Crippen molar-refractivity contribution in [1.82, 2.24) is 5.32 Å². The van der Waals surface area contributed by atoms with E-state index in [0.717, 1.165) is 6.54 Å². The third-order valence-corrected chi connectivity index (χ3v) is 4.01. The van der Waals surface area contributed by atoms with E-state index in [1.165, 1.54) is 37.7 Å². The molecule has 1 unspecified atom stereocenters. The molecule has 1 aliphatic rings. The van der Waals surface area contributed by atoms with Crippen molar-refractivity contribution in [3.05, 3.63) is 29.8 Å². The van der Waals surface area contributed by atoms with Crippen LogP contribution in [-0.4, -0.2) is 13.2 Å². The van der Waals surface area contributed by atoms with E-state index >= 15 is 0 Å². The average molecular weight is 283 g/mol. The van der Waals surface area contributed by atoms with Gasteiger partial charge in [-0.2, -0.15) is 8.78 Å². The summed E-state index contributed by atoms with van der Waals surface area (Å²) < 4.78 is 28.7. The van der Waals surface area contributed by atoms with Gasteiger partial charge in [0, 0.05) is 6.04 Å². The highest BCUT2D eigenvalue weighted by Crippen LogP contribution is 2.35. The lowest BCUT2D eigenvalue weighted by Crippen LogP contribution is -2.29. The second-order valence-corrected chi connectivity index (χ2v) is 5.38. The summed E-state index contributed by atoms with van der Waals surface area (Å²) in [7, 11) is 0. The average Bonchev–Trinajstić information content (AvgIpc) is 2.46. The fourth-order valence-electron chi connectivity index (χ4n) is 3.10. The maximum atomic E-state index is 12.2. The Hall–Kier alpha value is -1.16. The molecule has 1 saturated carbocycles. The summed E-state index contributed by atoms with van der Waals surface area (Å²) in [6.07, 6.45) is 6.40. The summed E-state index contributed by atoms with van der Waals surface area (Å²) in [5.41, 5.74) is 1.17. The zero-order valence-corrected chi connectivity index (χ0v) is 11.9. The Morgan fingerprint density at radius 3 is 2.35 bits per heavy atom. The Kier molecular flexibility index (Phi) is 5.77. The van der Waals surface area contributed by atoms with Gasteiger partial charge in [0.2, 0.25) is 0 Å². The Bertz CT molecular complexity index is 388. The third-order valence-electron chi connectivity index (χ3n) is 4.01. The minimum absolute atomic E-state index is 0.225. The standard InChI is InChI=1S/C16H23F2NO/c1-2-19-15(12-6-4-3-5-7-12)13-8-10-14(11-9-13)20-16(17)18/h8-12,15-16,19H,2-7H2,1H3. The van der Waals surface area contributed by atoms with Crippen molar-refractivity contribution >= 4 is 0 Å². The van der Waals surface area contributed by atoms with Gasteiger partial charge in [0.25, 0.3) is 0 Å². The number of alkyl halides is 2. The monoisotopic (exact) mass is 283 g/mol. The molecule has 0 bridgehead atoms. The van der Waals surface area contributed by atoms with E-state index < -0.39 is 6.61 Å². The molecule has 112 valence electrons. The zero-order valence-electron chi connectivity index (χ0n) is 11.9. The minimum Gasteiger partial charge on any atom is -0.435 e. The highest BCUT2D eigenvalue weighted by Gasteiger charge is 2.24. The fraction of sp³-hybridized carbons (Fsp3) is 0.625. The predicted octanol–water partition coefficient (Wildman–Crippen LogP) is 4.52. The quantitative estimate of drug-likeness (QED) is 0.829. The Morgan fingerprint density at radius 1 is 1.15 bits per heavy atom. The Balaban J connectivity index is 2.07. The lowest BCUT2D eigenvalue weighted by Gasteiger charge is -2.31. The number of nitrogens with one attached hydrogen (secondary N) is 1. The Morgan fingerprint density at radius 2 is 1.80 bits per heavy atom. The number of rotatable bonds is 6. The first kappa shape index (κ1) is 15.2. The van der Waals surface area contributed by atoms with Crippen LogP contribution in [0.3, 0.4) is 0 Å². The smallest absolute Gasteiger partial charge is 0.387 e. The van der Waals surface area contributed by atoms with Crippen molar-refractivity contribution in [3.8, 4) is 5.75 Å². The van der Waals surface area contributed by atoms with Crippen molar-refractivity contribution < 1.29 is 13.5 Å². The second-order valence-electron chi connectivity index (χ2n) is 5.38. The number of halogens is 2. The highest BCUT2D eigenvalue weighted by molar-refractivity contribution is 5.29. The molecule has 0 spiro atoms. The van der Waals surface area contributed by atoms with E-state index in [1.807, 2.05) is 12.1 Å². The topological polar surface area (TPSA) is 21.3 Å². The van der Waals surface area contributed by atoms with E-state index in [4.69, 9.17) is 0 Å². The fourth-order valence-corrected chi connectivity index (χ4v) is 3.10. The second kappa shape index (κ2) is 7.58. The van der Waals surface area contributed by atoms with Gasteiger partial charge in [0.1, 0.15) is 5.75 Å². The normalized spacial score (nSPS) is 18.2. The maximum Gasteiger partial charge on any atom is 0.387 e. The van der Waals surface area contributed by atoms with Crippen LogP contribution >= 0.6 is 0 Å². The first-order chi connectivity index (χ1) is 9.70. The summed E-state index contributed by atoms with van der Waals surface area (Å²) in [4.78, 5) is 0. The van der Waals surface area contributed by atoms with Crippen LogP contribution in [0.4, 0.5) is 8.78 Å². The van der Waals surface area contributed by atoms with Crippen LogP contribution in [0.2, 0.25) is 0 Å². The maximum absolute atomic E-state index is 12.2. The van der Waals surface area contributed by atoms with Crippen LogP contribution in [0.1, 0.15) is 50.6 Å². The van der Waals surface area contributed by atoms with E-state index in [1.54, 1.807) is 12.1 Å². The molecule has 2 rings (SSSR count). The Labute approximate surface area is 119 Å². The third kappa shape index (κ3) is 4.17. The first-order valence-corrected chi connectivity index (χ1v) is 7.49. The molecule has 1 N–H and O–H groups in total. The van der Waals surface area contributed by atoms with Crippen LogP contribution in [-0.2, 0) is 0 Å². The number of benzene rings is 1. The molecule has 0 heterocycles. The summed E-state index contributed by atoms with van der Waals surface area (Å²) in [5, 5.41) is 3.54. The minimum atomic E-state index is -2.76. The molecular weight excluding hydrogens is 260 g/mol. The van der Waals surface area contributed by atoms with E-state index in [0.29, 0.717) is 12.0 Å². The van der Waals surface area contributed by atoms with Crippen molar-refractivity contribution in [3.63, 3.8) is 0 Å². The largest absolute Gasteiger partial charge is 0.435 e. The van der Waals surface area contributed by atoms with Crippen molar-refractivity contribution in [2.24, 2.45) is 5.92 Å². The van der Waals surface area contributed by atoms with Gasteiger partial charge in [-0.05, 0) is 43.0 Å². The number of hydrogen-bond donors (Lipinski definition) is 1. The highest BCUT2D eigenvalue weighted by atomic mass is 19.3. The van der Waals surface area contributed by atoms with Gasteiger partial charge >= 0.3 is 6.61 Å². The summed E-state index contributed by atoms with van der Waals surface area (Å²) >= 11 is 0. The molecule has 20 heavy (non-hydrogen) atoms. The first-order valence-electron chi connectivity index (χ1n) is 7.49. The molecule has 0 amide bonds. The zero-order chi connectivity index (χ0) is 14.4. The molecule has 0 radical (unpaired) electrons. The van der Waals surface area contributed by atoms with Crippen molar-refractivity contribution in [1.29, 1.82) is 0 Å². The van der Waals surface area contributed by atoms with Gasteiger partial charge in [-0.25, -0.2) is 0 Å². The van der Waals surface area contributed by atoms with E-state index in [-0.39, 0.29) is 5.75 Å². The molecule has 1 atom stereocenters. The molecule has 0 aliphatic heterocycles. The SMILES string of the molecule is CCNC(c1ccc(OC(F)F)cc1)C1CCCCC1. The van der Waals surface area contributed by atoms with Crippen LogP contribution < -0.4 is 10.1 Å². The van der Waals surface area contributed by atoms with E-state index in [2.05, 4.69) is 17.0 Å². The van der Waals surface area contributed by atoms with Crippen molar-refractivity contribution in [2.45, 2.75) is 51.7 Å². The van der Waals surface area contributed by atoms with Crippen LogP contribution in [0.15, 0.2) is 24.3 Å². The van der Waals surface area contributed by atoms with Gasteiger partial charge in [-0.1, -0.05) is 38.3 Å². The summed E-state index contributed by atoms with van der Waals surface area (Å²) in [5.74, 6) is 0.869. The molecule has 0 aromatic heterocycles. The van der Waals surface area contributed by atoms with Crippen LogP contribution in [0, 0.1) is 5.92 Å². The van der Waals surface area contributed by atoms with Gasteiger partial charge in [-0.3, -0.25) is 0 Å². The lowest BCUT2D eigenvalue weighted by molar-refractivity contribution is -0.0498. The number of hydrogen-bond acceptors (Lipinski definition) is 2. The molecule has 2 nitrogen and oxygen atoms in total. The molecule has 1 aromatic carbocycles. The van der Waals surface area contributed by atoms with Crippen molar-refractivity contribution in [2.75, 3.05) is 6.54 Å². The van der Waals surface area contributed by atoms with Gasteiger partial charge in [0.15, 0.2) is 0 Å².